The van der Waals surface area contributed by atoms with Gasteiger partial charge in [0.05, 0.1) is 0 Å². The predicted octanol–water partition coefficient (Wildman–Crippen LogP) is 5.22. The van der Waals surface area contributed by atoms with Crippen LogP contribution in [0.2, 0.25) is 0 Å². The molecule has 1 unspecified atom stereocenters. The first-order chi connectivity index (χ1) is 11.0. The topological polar surface area (TPSA) is 23.8 Å². The quantitative estimate of drug-likeness (QED) is 0.534. The summed E-state index contributed by atoms with van der Waals surface area (Å²) in [5, 5.41) is 7.61. The summed E-state index contributed by atoms with van der Waals surface area (Å²) in [5.41, 5.74) is 0. The molecular formula is C9HF16N. The molecule has 0 aromatic heterocycles. The number of hydrogen-bond donors (Lipinski definition) is 0. The van der Waals surface area contributed by atoms with E-state index in [-0.39, 0.29) is 0 Å². The van der Waals surface area contributed by atoms with Crippen molar-refractivity contribution in [3.63, 3.8) is 0 Å². The van der Waals surface area contributed by atoms with Gasteiger partial charge in [-0.25, -0.2) is 4.39 Å². The van der Waals surface area contributed by atoms with Crippen LogP contribution in [0.4, 0.5) is 70.2 Å². The Morgan fingerprint density at radius 1 is 0.500 bits per heavy atom. The lowest BCUT2D eigenvalue weighted by molar-refractivity contribution is -0.453. The predicted molar refractivity (Wildman–Crippen MR) is 46.2 cm³/mol. The third-order valence-corrected chi connectivity index (χ3v) is 2.78. The zero-order valence-electron chi connectivity index (χ0n) is 11.1. The van der Waals surface area contributed by atoms with E-state index in [1.807, 2.05) is 0 Å². The van der Waals surface area contributed by atoms with Crippen LogP contribution in [-0.2, 0) is 0 Å². The number of nitrogens with zero attached hydrogens (tertiary/aromatic N) is 1. The second-order valence-corrected chi connectivity index (χ2v) is 4.48. The first-order valence-electron chi connectivity index (χ1n) is 5.35. The summed E-state index contributed by atoms with van der Waals surface area (Å²) in [6.45, 7) is 0. The molecule has 0 aliphatic heterocycles. The lowest BCUT2D eigenvalue weighted by Gasteiger charge is -2.41. The van der Waals surface area contributed by atoms with Crippen molar-refractivity contribution in [1.29, 1.82) is 5.26 Å². The van der Waals surface area contributed by atoms with Crippen LogP contribution in [0.15, 0.2) is 0 Å². The monoisotopic (exact) mass is 427 g/mol. The van der Waals surface area contributed by atoms with Crippen molar-refractivity contribution in [2.75, 3.05) is 0 Å². The van der Waals surface area contributed by atoms with Crippen molar-refractivity contribution in [1.82, 2.24) is 0 Å². The van der Waals surface area contributed by atoms with Crippen molar-refractivity contribution in [3.05, 3.63) is 0 Å². The lowest BCUT2D eigenvalue weighted by atomic mass is 9.90. The Kier molecular flexibility index (Phi) is 5.57. The Hall–Kier alpha value is -1.63. The summed E-state index contributed by atoms with van der Waals surface area (Å²) in [4.78, 5) is 0. The minimum atomic E-state index is -8.48. The SMILES string of the molecule is N#CC(F)C(F)(F)C(F)(F)C(F)(F)C(F)(F)C(F)(F)C(F)(F)C(F)(F)F. The highest BCUT2D eigenvalue weighted by Crippen LogP contribution is 2.62. The van der Waals surface area contributed by atoms with Crippen LogP contribution in [-0.4, -0.2) is 47.9 Å². The third-order valence-electron chi connectivity index (χ3n) is 2.78. The molecule has 154 valence electrons. The molecule has 0 aliphatic rings. The van der Waals surface area contributed by atoms with E-state index in [1.54, 1.807) is 0 Å². The summed E-state index contributed by atoms with van der Waals surface area (Å²) in [7, 11) is 0. The van der Waals surface area contributed by atoms with Gasteiger partial charge in [-0.3, -0.25) is 0 Å². The molecular weight excluding hydrogens is 426 g/mol. The van der Waals surface area contributed by atoms with E-state index in [4.69, 9.17) is 5.26 Å². The van der Waals surface area contributed by atoms with Crippen LogP contribution in [0.5, 0.6) is 0 Å². The minimum absolute atomic E-state index is 0.462. The van der Waals surface area contributed by atoms with Crippen LogP contribution in [0.1, 0.15) is 0 Å². The molecule has 0 saturated carbocycles. The number of halogens is 16. The summed E-state index contributed by atoms with van der Waals surface area (Å²) < 4.78 is 201. The average Bonchev–Trinajstić information content (AvgIpc) is 2.43. The van der Waals surface area contributed by atoms with Crippen molar-refractivity contribution in [3.8, 4) is 6.07 Å². The van der Waals surface area contributed by atoms with Gasteiger partial charge in [0.15, 0.2) is 0 Å². The largest absolute Gasteiger partial charge is 0.460 e. The van der Waals surface area contributed by atoms with E-state index >= 15 is 0 Å². The van der Waals surface area contributed by atoms with E-state index in [2.05, 4.69) is 0 Å². The van der Waals surface area contributed by atoms with E-state index in [1.165, 1.54) is 0 Å². The summed E-state index contributed by atoms with van der Waals surface area (Å²) in [6, 6.07) is -0.462. The highest BCUT2D eigenvalue weighted by molar-refractivity contribution is 5.15. The molecule has 1 atom stereocenters. The first kappa shape index (κ1) is 24.4. The number of alkyl halides is 16. The summed E-state index contributed by atoms with van der Waals surface area (Å²) >= 11 is 0. The van der Waals surface area contributed by atoms with Gasteiger partial charge in [0.2, 0.25) is 0 Å². The van der Waals surface area contributed by atoms with Crippen molar-refractivity contribution in [2.45, 2.75) is 47.9 Å². The van der Waals surface area contributed by atoms with Crippen molar-refractivity contribution < 1.29 is 70.2 Å². The highest BCUT2D eigenvalue weighted by Gasteiger charge is 2.93. The second kappa shape index (κ2) is 5.94. The molecule has 0 aromatic carbocycles. The second-order valence-electron chi connectivity index (χ2n) is 4.48. The van der Waals surface area contributed by atoms with Gasteiger partial charge < -0.3 is 0 Å². The van der Waals surface area contributed by atoms with Gasteiger partial charge in [-0.05, 0) is 0 Å². The van der Waals surface area contributed by atoms with E-state index < -0.39 is 54.0 Å². The Labute approximate surface area is 131 Å². The molecule has 0 bridgehead atoms. The van der Waals surface area contributed by atoms with E-state index in [0.29, 0.717) is 0 Å². The zero-order valence-corrected chi connectivity index (χ0v) is 11.1. The van der Waals surface area contributed by atoms with Gasteiger partial charge in [-0.2, -0.15) is 71.1 Å². The van der Waals surface area contributed by atoms with Gasteiger partial charge >= 0.3 is 41.7 Å². The molecule has 0 spiro atoms. The normalized spacial score (nSPS) is 17.0. The molecule has 0 saturated heterocycles. The van der Waals surface area contributed by atoms with Gasteiger partial charge in [0, 0.05) is 0 Å². The Balaban J connectivity index is 6.57. The molecule has 0 amide bonds. The van der Waals surface area contributed by atoms with E-state index in [9.17, 15) is 70.2 Å². The maximum absolute atomic E-state index is 12.9. The number of nitriles is 1. The first-order valence-corrected chi connectivity index (χ1v) is 5.35. The Bertz CT molecular complexity index is 565. The highest BCUT2D eigenvalue weighted by atomic mass is 19.4. The minimum Gasteiger partial charge on any atom is -0.224 e. The van der Waals surface area contributed by atoms with Crippen LogP contribution >= 0.6 is 0 Å². The van der Waals surface area contributed by atoms with Crippen LogP contribution < -0.4 is 0 Å². The standard InChI is InChI=1S/C9HF16N/c10-2(1-26)3(11,12)4(13,14)5(15,16)6(17,18)7(19,20)8(21,22)9(23,24)25/h2H. The summed E-state index contributed by atoms with van der Waals surface area (Å²) in [6.07, 6.45) is -12.8. The fraction of sp³-hybridized carbons (Fsp3) is 0.889. The lowest BCUT2D eigenvalue weighted by Crippen LogP contribution is -2.73. The van der Waals surface area contributed by atoms with Gasteiger partial charge in [0.1, 0.15) is 6.07 Å². The Morgan fingerprint density at radius 2 is 0.769 bits per heavy atom. The molecule has 0 aromatic rings. The number of rotatable bonds is 6. The smallest absolute Gasteiger partial charge is 0.224 e. The zero-order chi connectivity index (χ0) is 21.8. The summed E-state index contributed by atoms with van der Waals surface area (Å²) in [5.74, 6) is -48.5. The molecule has 0 rings (SSSR count). The van der Waals surface area contributed by atoms with Crippen LogP contribution in [0.3, 0.4) is 0 Å². The number of hydrogen-bond acceptors (Lipinski definition) is 1. The molecule has 0 radical (unpaired) electrons. The fourth-order valence-electron chi connectivity index (χ4n) is 1.22. The van der Waals surface area contributed by atoms with Crippen molar-refractivity contribution in [2.24, 2.45) is 0 Å². The van der Waals surface area contributed by atoms with Crippen molar-refractivity contribution >= 4 is 0 Å². The van der Waals surface area contributed by atoms with E-state index in [0.717, 1.165) is 0 Å². The molecule has 0 heterocycles. The van der Waals surface area contributed by atoms with Gasteiger partial charge in [-0.15, -0.1) is 0 Å². The molecule has 1 nitrogen and oxygen atoms in total. The molecule has 0 fully saturated rings. The molecule has 0 aliphatic carbocycles. The fourth-order valence-corrected chi connectivity index (χ4v) is 1.22. The molecule has 17 heteroatoms. The van der Waals surface area contributed by atoms with Crippen LogP contribution in [0.25, 0.3) is 0 Å². The maximum Gasteiger partial charge on any atom is 0.460 e. The molecule has 26 heavy (non-hydrogen) atoms. The molecule has 0 N–H and O–H groups in total. The van der Waals surface area contributed by atoms with Crippen LogP contribution in [0, 0.1) is 11.3 Å². The maximum atomic E-state index is 12.9. The van der Waals surface area contributed by atoms with Gasteiger partial charge in [0.25, 0.3) is 6.17 Å². The average molecular weight is 427 g/mol. The van der Waals surface area contributed by atoms with Gasteiger partial charge in [-0.1, -0.05) is 0 Å². The Morgan fingerprint density at radius 3 is 1.04 bits per heavy atom. The third kappa shape index (κ3) is 2.80.